The average molecular weight is 283 g/mol. The first-order chi connectivity index (χ1) is 9.54. The number of nitrogens with zero attached hydrogens (tertiary/aromatic N) is 1. The van der Waals surface area contributed by atoms with Gasteiger partial charge in [-0.25, -0.2) is 8.78 Å². The van der Waals surface area contributed by atoms with Crippen LogP contribution in [-0.4, -0.2) is 42.0 Å². The molecule has 0 spiro atoms. The van der Waals surface area contributed by atoms with E-state index in [4.69, 9.17) is 9.52 Å². The minimum Gasteiger partial charge on any atom is -0.451 e. The number of halogens is 2. The molecule has 0 aliphatic carbocycles. The van der Waals surface area contributed by atoms with Crippen molar-refractivity contribution in [1.82, 2.24) is 4.90 Å². The minimum atomic E-state index is -2.66. The summed E-state index contributed by atoms with van der Waals surface area (Å²) in [6.07, 6.45) is -2.66. The molecule has 0 saturated carbocycles. The third kappa shape index (κ3) is 2.80. The molecule has 0 fully saturated rings. The number of aryl methyl sites for hydroxylation is 1. The van der Waals surface area contributed by atoms with Gasteiger partial charge < -0.3 is 14.4 Å². The minimum absolute atomic E-state index is 0.0419. The fraction of sp³-hybridized carbons (Fsp3) is 0.357. The van der Waals surface area contributed by atoms with E-state index < -0.39 is 18.9 Å². The Bertz CT molecular complexity index is 609. The van der Waals surface area contributed by atoms with Crippen LogP contribution in [0.15, 0.2) is 28.7 Å². The molecule has 1 N–H and O–H groups in total. The summed E-state index contributed by atoms with van der Waals surface area (Å²) in [5.74, 6) is -0.589. The maximum atomic E-state index is 12.5. The zero-order chi connectivity index (χ0) is 14.7. The molecule has 20 heavy (non-hydrogen) atoms. The summed E-state index contributed by atoms with van der Waals surface area (Å²) in [4.78, 5) is 13.1. The number of fused-ring (bicyclic) bond motifs is 1. The second kappa shape index (κ2) is 6.00. The summed E-state index contributed by atoms with van der Waals surface area (Å²) in [5, 5.41) is 9.66. The standard InChI is InChI=1S/C14H15F2NO3/c1-9-10-4-2-3-5-11(10)20-13(9)14(19)17(6-7-18)8-12(15)16/h2-5,12,18H,6-8H2,1H3. The third-order valence-electron chi connectivity index (χ3n) is 3.05. The summed E-state index contributed by atoms with van der Waals surface area (Å²) < 4.78 is 30.4. The van der Waals surface area contributed by atoms with E-state index in [9.17, 15) is 13.6 Å². The van der Waals surface area contributed by atoms with Gasteiger partial charge in [0.1, 0.15) is 5.58 Å². The van der Waals surface area contributed by atoms with Gasteiger partial charge in [0, 0.05) is 17.5 Å². The fourth-order valence-corrected chi connectivity index (χ4v) is 2.08. The van der Waals surface area contributed by atoms with E-state index in [1.54, 1.807) is 25.1 Å². The van der Waals surface area contributed by atoms with Gasteiger partial charge in [0.15, 0.2) is 5.76 Å². The van der Waals surface area contributed by atoms with Gasteiger partial charge in [-0.2, -0.15) is 0 Å². The summed E-state index contributed by atoms with van der Waals surface area (Å²) in [5.41, 5.74) is 1.15. The maximum absolute atomic E-state index is 12.5. The Labute approximate surface area is 114 Å². The van der Waals surface area contributed by atoms with Gasteiger partial charge in [-0.05, 0) is 13.0 Å². The molecule has 1 heterocycles. The first-order valence-electron chi connectivity index (χ1n) is 6.21. The average Bonchev–Trinajstić information content (AvgIpc) is 2.75. The molecule has 1 amide bonds. The zero-order valence-electron chi connectivity index (χ0n) is 11.0. The number of aliphatic hydroxyl groups excluding tert-OH is 1. The van der Waals surface area contributed by atoms with Crippen molar-refractivity contribution in [2.75, 3.05) is 19.7 Å². The third-order valence-corrected chi connectivity index (χ3v) is 3.05. The molecule has 4 nitrogen and oxygen atoms in total. The predicted molar refractivity (Wildman–Crippen MR) is 69.9 cm³/mol. The van der Waals surface area contributed by atoms with Crippen LogP contribution in [0, 0.1) is 6.92 Å². The molecule has 0 aliphatic rings. The number of furan rings is 1. The van der Waals surface area contributed by atoms with Crippen molar-refractivity contribution in [2.45, 2.75) is 13.3 Å². The van der Waals surface area contributed by atoms with Gasteiger partial charge >= 0.3 is 0 Å². The van der Waals surface area contributed by atoms with E-state index in [0.29, 0.717) is 11.1 Å². The Morgan fingerprint density at radius 1 is 1.40 bits per heavy atom. The molecule has 1 aromatic carbocycles. The van der Waals surface area contributed by atoms with E-state index in [1.165, 1.54) is 0 Å². The lowest BCUT2D eigenvalue weighted by Crippen LogP contribution is -2.37. The summed E-state index contributed by atoms with van der Waals surface area (Å²) in [7, 11) is 0. The van der Waals surface area contributed by atoms with Gasteiger partial charge in [-0.1, -0.05) is 18.2 Å². The quantitative estimate of drug-likeness (QED) is 0.917. The predicted octanol–water partition coefficient (Wildman–Crippen LogP) is 2.44. The van der Waals surface area contributed by atoms with Crippen molar-refractivity contribution in [3.63, 3.8) is 0 Å². The van der Waals surface area contributed by atoms with Crippen LogP contribution >= 0.6 is 0 Å². The second-order valence-electron chi connectivity index (χ2n) is 4.42. The Kier molecular flexibility index (Phi) is 4.34. The molecule has 0 atom stereocenters. The smallest absolute Gasteiger partial charge is 0.290 e. The first kappa shape index (κ1) is 14.5. The molecular formula is C14H15F2NO3. The molecule has 1 aromatic heterocycles. The molecule has 2 rings (SSSR count). The van der Waals surface area contributed by atoms with Crippen molar-refractivity contribution < 1.29 is 23.1 Å². The highest BCUT2D eigenvalue weighted by atomic mass is 19.3. The van der Waals surface area contributed by atoms with Gasteiger partial charge in [-0.15, -0.1) is 0 Å². The molecule has 0 bridgehead atoms. The van der Waals surface area contributed by atoms with Crippen LogP contribution in [-0.2, 0) is 0 Å². The SMILES string of the molecule is Cc1c(C(=O)N(CCO)CC(F)F)oc2ccccc12. The number of rotatable bonds is 5. The number of benzene rings is 1. The Morgan fingerprint density at radius 2 is 2.10 bits per heavy atom. The molecule has 0 unspecified atom stereocenters. The van der Waals surface area contributed by atoms with Crippen molar-refractivity contribution in [3.05, 3.63) is 35.6 Å². The van der Waals surface area contributed by atoms with E-state index in [1.807, 2.05) is 6.07 Å². The molecule has 0 aliphatic heterocycles. The zero-order valence-corrected chi connectivity index (χ0v) is 11.0. The topological polar surface area (TPSA) is 53.7 Å². The van der Waals surface area contributed by atoms with E-state index in [2.05, 4.69) is 0 Å². The molecule has 0 radical (unpaired) electrons. The number of hydrogen-bond acceptors (Lipinski definition) is 3. The molecule has 6 heteroatoms. The van der Waals surface area contributed by atoms with Crippen molar-refractivity contribution >= 4 is 16.9 Å². The highest BCUT2D eigenvalue weighted by Gasteiger charge is 2.25. The monoisotopic (exact) mass is 283 g/mol. The van der Waals surface area contributed by atoms with E-state index in [-0.39, 0.29) is 18.9 Å². The van der Waals surface area contributed by atoms with Crippen LogP contribution < -0.4 is 0 Å². The highest BCUT2D eigenvalue weighted by molar-refractivity contribution is 5.98. The Hall–Kier alpha value is -1.95. The number of carbonyl (C=O) groups is 1. The van der Waals surface area contributed by atoms with Gasteiger partial charge in [0.25, 0.3) is 12.3 Å². The van der Waals surface area contributed by atoms with Gasteiger partial charge in [0.05, 0.1) is 13.2 Å². The number of amides is 1. The van der Waals surface area contributed by atoms with Crippen LogP contribution in [0.2, 0.25) is 0 Å². The molecular weight excluding hydrogens is 268 g/mol. The molecule has 2 aromatic rings. The van der Waals surface area contributed by atoms with Crippen LogP contribution in [0.5, 0.6) is 0 Å². The Balaban J connectivity index is 2.35. The second-order valence-corrected chi connectivity index (χ2v) is 4.42. The van der Waals surface area contributed by atoms with Crippen LogP contribution in [0.1, 0.15) is 16.1 Å². The van der Waals surface area contributed by atoms with Crippen molar-refractivity contribution in [2.24, 2.45) is 0 Å². The first-order valence-corrected chi connectivity index (χ1v) is 6.21. The van der Waals surface area contributed by atoms with Crippen molar-refractivity contribution in [1.29, 1.82) is 0 Å². The van der Waals surface area contributed by atoms with E-state index in [0.717, 1.165) is 10.3 Å². The highest BCUT2D eigenvalue weighted by Crippen LogP contribution is 2.26. The number of hydrogen-bond donors (Lipinski definition) is 1. The normalized spacial score (nSPS) is 11.2. The number of alkyl halides is 2. The Morgan fingerprint density at radius 3 is 2.70 bits per heavy atom. The van der Waals surface area contributed by atoms with Gasteiger partial charge in [-0.3, -0.25) is 4.79 Å². The summed E-state index contributed by atoms with van der Waals surface area (Å²) in [6.45, 7) is 0.450. The lowest BCUT2D eigenvalue weighted by Gasteiger charge is -2.20. The lowest BCUT2D eigenvalue weighted by atomic mass is 10.1. The maximum Gasteiger partial charge on any atom is 0.290 e. The molecule has 108 valence electrons. The largest absolute Gasteiger partial charge is 0.451 e. The number of carbonyl (C=O) groups excluding carboxylic acids is 1. The number of aliphatic hydroxyl groups is 1. The van der Waals surface area contributed by atoms with Crippen molar-refractivity contribution in [3.8, 4) is 0 Å². The van der Waals surface area contributed by atoms with E-state index >= 15 is 0 Å². The lowest BCUT2D eigenvalue weighted by molar-refractivity contribution is 0.0484. The summed E-state index contributed by atoms with van der Waals surface area (Å²) >= 11 is 0. The molecule has 0 saturated heterocycles. The fourth-order valence-electron chi connectivity index (χ4n) is 2.08. The van der Waals surface area contributed by atoms with Crippen LogP contribution in [0.4, 0.5) is 8.78 Å². The number of para-hydroxylation sites is 1. The van der Waals surface area contributed by atoms with Crippen LogP contribution in [0.25, 0.3) is 11.0 Å². The van der Waals surface area contributed by atoms with Gasteiger partial charge in [0.2, 0.25) is 0 Å². The summed E-state index contributed by atoms with van der Waals surface area (Å²) in [6, 6.07) is 7.09. The van der Waals surface area contributed by atoms with Crippen LogP contribution in [0.3, 0.4) is 0 Å².